The van der Waals surface area contributed by atoms with E-state index in [1.54, 1.807) is 0 Å². The van der Waals surface area contributed by atoms with Crippen molar-refractivity contribution < 1.29 is 28.6 Å². The predicted octanol–water partition coefficient (Wildman–Crippen LogP) is 1.59. The van der Waals surface area contributed by atoms with Crippen LogP contribution in [0.2, 0.25) is 0 Å². The first-order valence-electron chi connectivity index (χ1n) is 6.92. The number of carboxylic acid groups (broad SMARTS) is 1. The van der Waals surface area contributed by atoms with Gasteiger partial charge in [0.05, 0.1) is 19.3 Å². The number of rotatable bonds is 9. The van der Waals surface area contributed by atoms with Crippen molar-refractivity contribution in [2.75, 3.05) is 13.2 Å². The van der Waals surface area contributed by atoms with Crippen molar-refractivity contribution in [1.29, 1.82) is 0 Å². The van der Waals surface area contributed by atoms with Crippen LogP contribution >= 0.6 is 0 Å². The van der Waals surface area contributed by atoms with Gasteiger partial charge in [0.15, 0.2) is 0 Å². The quantitative estimate of drug-likeness (QED) is 0.723. The van der Waals surface area contributed by atoms with Crippen LogP contribution in [-0.2, 0) is 14.3 Å². The summed E-state index contributed by atoms with van der Waals surface area (Å²) < 4.78 is 23.2. The fraction of sp³-hybridized carbons (Fsp3) is 0.467. The molecule has 0 aromatic heterocycles. The second-order valence-electron chi connectivity index (χ2n) is 4.87. The Hall–Kier alpha value is -2.15. The van der Waals surface area contributed by atoms with E-state index in [4.69, 9.17) is 14.6 Å². The lowest BCUT2D eigenvalue weighted by atomic mass is 10.3. The van der Waals surface area contributed by atoms with Crippen LogP contribution in [0.4, 0.5) is 4.39 Å². The third-order valence-electron chi connectivity index (χ3n) is 2.63. The molecule has 0 saturated carbocycles. The van der Waals surface area contributed by atoms with E-state index >= 15 is 0 Å². The Balaban J connectivity index is 2.42. The van der Waals surface area contributed by atoms with Crippen LogP contribution < -0.4 is 10.1 Å². The van der Waals surface area contributed by atoms with Crippen molar-refractivity contribution in [3.05, 3.63) is 30.1 Å². The Morgan fingerprint density at radius 1 is 1.27 bits per heavy atom. The first-order chi connectivity index (χ1) is 10.4. The maximum atomic E-state index is 12.8. The highest BCUT2D eigenvalue weighted by Crippen LogP contribution is 2.13. The summed E-state index contributed by atoms with van der Waals surface area (Å²) in [7, 11) is 0. The number of hydrogen-bond acceptors (Lipinski definition) is 4. The smallest absolute Gasteiger partial charge is 0.346 e. The van der Waals surface area contributed by atoms with Crippen LogP contribution in [-0.4, -0.2) is 42.3 Å². The molecule has 1 unspecified atom stereocenters. The molecule has 2 N–H and O–H groups in total. The molecule has 1 aromatic rings. The number of benzene rings is 1. The largest absolute Gasteiger partial charge is 0.478 e. The van der Waals surface area contributed by atoms with Crippen molar-refractivity contribution in [1.82, 2.24) is 5.32 Å². The molecule has 0 aliphatic heterocycles. The second kappa shape index (κ2) is 8.99. The van der Waals surface area contributed by atoms with Gasteiger partial charge < -0.3 is 19.9 Å². The number of carbonyl (C=O) groups is 2. The lowest BCUT2D eigenvalue weighted by Crippen LogP contribution is -2.40. The minimum Gasteiger partial charge on any atom is -0.478 e. The zero-order chi connectivity index (χ0) is 16.5. The van der Waals surface area contributed by atoms with Gasteiger partial charge in [-0.3, -0.25) is 4.79 Å². The second-order valence-corrected chi connectivity index (χ2v) is 4.87. The van der Waals surface area contributed by atoms with Crippen molar-refractivity contribution in [3.8, 4) is 5.75 Å². The van der Waals surface area contributed by atoms with E-state index in [0.29, 0.717) is 0 Å². The van der Waals surface area contributed by atoms with Gasteiger partial charge in [0, 0.05) is 6.42 Å². The van der Waals surface area contributed by atoms with Gasteiger partial charge in [-0.1, -0.05) is 0 Å². The fourth-order valence-corrected chi connectivity index (χ4v) is 1.54. The number of ether oxygens (including phenoxy) is 2. The number of carboxylic acids is 1. The average molecular weight is 313 g/mol. The molecule has 0 fully saturated rings. The van der Waals surface area contributed by atoms with Gasteiger partial charge in [-0.05, 0) is 38.1 Å². The van der Waals surface area contributed by atoms with Crippen LogP contribution in [0, 0.1) is 5.82 Å². The molecule has 0 aliphatic carbocycles. The van der Waals surface area contributed by atoms with Crippen molar-refractivity contribution in [2.45, 2.75) is 32.5 Å². The summed E-state index contributed by atoms with van der Waals surface area (Å²) in [5.74, 6) is -1.78. The molecule has 1 amide bonds. The van der Waals surface area contributed by atoms with Crippen LogP contribution in [0.25, 0.3) is 0 Å². The average Bonchev–Trinajstić information content (AvgIpc) is 2.44. The van der Waals surface area contributed by atoms with Gasteiger partial charge >= 0.3 is 5.97 Å². The van der Waals surface area contributed by atoms with Crippen LogP contribution in [0.1, 0.15) is 20.3 Å². The SMILES string of the molecule is CC(C)OCCC(=O)NCC(Oc1ccc(F)cc1)C(=O)O. The van der Waals surface area contributed by atoms with E-state index in [1.807, 2.05) is 13.8 Å². The van der Waals surface area contributed by atoms with Gasteiger partial charge in [-0.2, -0.15) is 0 Å². The van der Waals surface area contributed by atoms with Gasteiger partial charge in [0.25, 0.3) is 0 Å². The molecule has 0 bridgehead atoms. The van der Waals surface area contributed by atoms with E-state index in [2.05, 4.69) is 5.32 Å². The molecule has 0 saturated heterocycles. The molecule has 0 aliphatic rings. The summed E-state index contributed by atoms with van der Waals surface area (Å²) >= 11 is 0. The molecule has 0 radical (unpaired) electrons. The lowest BCUT2D eigenvalue weighted by molar-refractivity contribution is -0.145. The molecule has 22 heavy (non-hydrogen) atoms. The fourth-order valence-electron chi connectivity index (χ4n) is 1.54. The minimum atomic E-state index is -1.25. The minimum absolute atomic E-state index is 0.0291. The first kappa shape index (κ1) is 17.9. The first-order valence-corrected chi connectivity index (χ1v) is 6.92. The zero-order valence-electron chi connectivity index (χ0n) is 12.5. The van der Waals surface area contributed by atoms with Gasteiger partial charge in [-0.15, -0.1) is 0 Å². The molecule has 0 spiro atoms. The van der Waals surface area contributed by atoms with Gasteiger partial charge in [-0.25, -0.2) is 9.18 Å². The number of halogens is 1. The number of amides is 1. The maximum Gasteiger partial charge on any atom is 0.346 e. The molecule has 1 rings (SSSR count). The number of carbonyl (C=O) groups excluding carboxylic acids is 1. The van der Waals surface area contributed by atoms with E-state index in [0.717, 1.165) is 12.1 Å². The molecule has 0 heterocycles. The Labute approximate surface area is 128 Å². The van der Waals surface area contributed by atoms with Crippen LogP contribution in [0.15, 0.2) is 24.3 Å². The molecule has 1 atom stereocenters. The summed E-state index contributed by atoms with van der Waals surface area (Å²) in [4.78, 5) is 22.7. The molecular weight excluding hydrogens is 293 g/mol. The van der Waals surface area contributed by atoms with Crippen LogP contribution in [0.5, 0.6) is 5.75 Å². The number of aliphatic carboxylic acids is 1. The number of nitrogens with one attached hydrogen (secondary N) is 1. The highest BCUT2D eigenvalue weighted by Gasteiger charge is 2.20. The third kappa shape index (κ3) is 7.03. The molecule has 6 nitrogen and oxygen atoms in total. The molecule has 122 valence electrons. The van der Waals surface area contributed by atoms with E-state index in [9.17, 15) is 14.0 Å². The normalized spacial score (nSPS) is 12.0. The Bertz CT molecular complexity index is 489. The maximum absolute atomic E-state index is 12.8. The molecule has 1 aromatic carbocycles. The molecule has 7 heteroatoms. The zero-order valence-corrected chi connectivity index (χ0v) is 12.5. The summed E-state index contributed by atoms with van der Waals surface area (Å²) in [5, 5.41) is 11.5. The lowest BCUT2D eigenvalue weighted by Gasteiger charge is -2.16. The highest BCUT2D eigenvalue weighted by atomic mass is 19.1. The third-order valence-corrected chi connectivity index (χ3v) is 2.63. The van der Waals surface area contributed by atoms with Crippen molar-refractivity contribution in [2.24, 2.45) is 0 Å². The van der Waals surface area contributed by atoms with Crippen LogP contribution in [0.3, 0.4) is 0 Å². The standard InChI is InChI=1S/C15H20FNO5/c1-10(2)21-8-7-14(18)17-9-13(15(19)20)22-12-5-3-11(16)4-6-12/h3-6,10,13H,7-9H2,1-2H3,(H,17,18)(H,19,20). The topological polar surface area (TPSA) is 84.9 Å². The van der Waals surface area contributed by atoms with E-state index in [-0.39, 0.29) is 37.3 Å². The van der Waals surface area contributed by atoms with Crippen molar-refractivity contribution >= 4 is 11.9 Å². The monoisotopic (exact) mass is 313 g/mol. The van der Waals surface area contributed by atoms with Crippen molar-refractivity contribution in [3.63, 3.8) is 0 Å². The highest BCUT2D eigenvalue weighted by molar-refractivity contribution is 5.78. The predicted molar refractivity (Wildman–Crippen MR) is 77.2 cm³/mol. The summed E-state index contributed by atoms with van der Waals surface area (Å²) in [6.45, 7) is 3.79. The Morgan fingerprint density at radius 3 is 2.45 bits per heavy atom. The van der Waals surface area contributed by atoms with Gasteiger partial charge in [0.1, 0.15) is 11.6 Å². The Morgan fingerprint density at radius 2 is 1.91 bits per heavy atom. The summed E-state index contributed by atoms with van der Waals surface area (Å²) in [5.41, 5.74) is 0. The summed E-state index contributed by atoms with van der Waals surface area (Å²) in [6.07, 6.45) is -1.08. The van der Waals surface area contributed by atoms with E-state index in [1.165, 1.54) is 12.1 Å². The summed E-state index contributed by atoms with van der Waals surface area (Å²) in [6, 6.07) is 4.97. The number of hydrogen-bond donors (Lipinski definition) is 2. The van der Waals surface area contributed by atoms with Gasteiger partial charge in [0.2, 0.25) is 12.0 Å². The molecular formula is C15H20FNO5. The van der Waals surface area contributed by atoms with E-state index < -0.39 is 17.9 Å². The Kier molecular flexibility index (Phi) is 7.31.